The second-order valence-electron chi connectivity index (χ2n) is 4.18. The van der Waals surface area contributed by atoms with Crippen LogP contribution in [0.1, 0.15) is 16.8 Å². The Kier molecular flexibility index (Phi) is 4.80. The lowest BCUT2D eigenvalue weighted by Gasteiger charge is -2.07. The average molecular weight is 278 g/mol. The van der Waals surface area contributed by atoms with Gasteiger partial charge in [-0.25, -0.2) is 4.98 Å². The third-order valence-electron chi connectivity index (χ3n) is 2.81. The molecule has 0 unspecified atom stereocenters. The molecule has 21 heavy (non-hydrogen) atoms. The molecule has 0 spiro atoms. The molecular formula is C16H14N4O. The van der Waals surface area contributed by atoms with E-state index in [4.69, 9.17) is 11.0 Å². The lowest BCUT2D eigenvalue weighted by molar-refractivity contribution is 0.510. The molecule has 3 N–H and O–H groups in total. The van der Waals surface area contributed by atoms with E-state index in [-0.39, 0.29) is 5.76 Å². The number of hydrogen-bond donors (Lipinski definition) is 2. The highest BCUT2D eigenvalue weighted by molar-refractivity contribution is 5.91. The SMILES string of the molecule is N#Cc1ccc(C(/C=C/CN)=C(\O)c2cnccn2)cc1. The Labute approximate surface area is 122 Å². The summed E-state index contributed by atoms with van der Waals surface area (Å²) in [5.41, 5.74) is 7.75. The molecule has 0 fully saturated rings. The fourth-order valence-corrected chi connectivity index (χ4v) is 1.78. The van der Waals surface area contributed by atoms with Gasteiger partial charge in [0.25, 0.3) is 0 Å². The fraction of sp³-hybridized carbons (Fsp3) is 0.0625. The molecule has 0 saturated carbocycles. The van der Waals surface area contributed by atoms with Crippen LogP contribution in [0.25, 0.3) is 11.3 Å². The van der Waals surface area contributed by atoms with Crippen LogP contribution in [0.3, 0.4) is 0 Å². The van der Waals surface area contributed by atoms with E-state index in [1.54, 1.807) is 36.4 Å². The van der Waals surface area contributed by atoms with Gasteiger partial charge in [0.2, 0.25) is 0 Å². The first-order chi connectivity index (χ1) is 10.3. The van der Waals surface area contributed by atoms with Crippen LogP contribution in [-0.2, 0) is 0 Å². The molecule has 2 aromatic rings. The Morgan fingerprint density at radius 1 is 1.29 bits per heavy atom. The number of hydrogen-bond acceptors (Lipinski definition) is 5. The maximum absolute atomic E-state index is 10.4. The largest absolute Gasteiger partial charge is 0.505 e. The molecule has 0 radical (unpaired) electrons. The van der Waals surface area contributed by atoms with Gasteiger partial charge in [-0.15, -0.1) is 0 Å². The van der Waals surface area contributed by atoms with E-state index in [0.717, 1.165) is 5.56 Å². The van der Waals surface area contributed by atoms with Crippen LogP contribution in [0.2, 0.25) is 0 Å². The summed E-state index contributed by atoms with van der Waals surface area (Å²) >= 11 is 0. The number of nitrogens with zero attached hydrogens (tertiary/aromatic N) is 3. The van der Waals surface area contributed by atoms with Crippen molar-refractivity contribution in [1.82, 2.24) is 9.97 Å². The zero-order valence-corrected chi connectivity index (χ0v) is 11.3. The minimum absolute atomic E-state index is 0.0116. The minimum atomic E-state index is 0.0116. The number of nitrogens with two attached hydrogens (primary N) is 1. The summed E-state index contributed by atoms with van der Waals surface area (Å²) < 4.78 is 0. The van der Waals surface area contributed by atoms with E-state index in [1.165, 1.54) is 18.6 Å². The highest BCUT2D eigenvalue weighted by Gasteiger charge is 2.09. The summed E-state index contributed by atoms with van der Waals surface area (Å²) in [5, 5.41) is 19.2. The Morgan fingerprint density at radius 2 is 2.05 bits per heavy atom. The van der Waals surface area contributed by atoms with E-state index >= 15 is 0 Å². The van der Waals surface area contributed by atoms with Gasteiger partial charge < -0.3 is 10.8 Å². The van der Waals surface area contributed by atoms with Crippen LogP contribution >= 0.6 is 0 Å². The first-order valence-corrected chi connectivity index (χ1v) is 6.33. The standard InChI is InChI=1S/C16H14N4O/c17-7-1-2-14(13-5-3-12(10-18)4-6-13)16(21)15-11-19-8-9-20-15/h1-6,8-9,11,21H,7,17H2/b2-1+,16-14-. The number of aliphatic hydroxyl groups excluding tert-OH is 1. The van der Waals surface area contributed by atoms with E-state index in [2.05, 4.69) is 16.0 Å². The van der Waals surface area contributed by atoms with Crippen molar-refractivity contribution >= 4 is 11.3 Å². The molecule has 1 heterocycles. The monoisotopic (exact) mass is 278 g/mol. The zero-order valence-electron chi connectivity index (χ0n) is 11.3. The van der Waals surface area contributed by atoms with Crippen LogP contribution in [0, 0.1) is 11.3 Å². The van der Waals surface area contributed by atoms with Gasteiger partial charge in [0.15, 0.2) is 5.76 Å². The molecule has 1 aromatic carbocycles. The van der Waals surface area contributed by atoms with Crippen molar-refractivity contribution < 1.29 is 5.11 Å². The Balaban J connectivity index is 2.52. The third kappa shape index (κ3) is 3.53. The Morgan fingerprint density at radius 3 is 2.62 bits per heavy atom. The average Bonchev–Trinajstić information content (AvgIpc) is 2.56. The molecule has 0 atom stereocenters. The van der Waals surface area contributed by atoms with Crippen LogP contribution in [0.4, 0.5) is 0 Å². The van der Waals surface area contributed by atoms with Crippen molar-refractivity contribution in [3.63, 3.8) is 0 Å². The van der Waals surface area contributed by atoms with Gasteiger partial charge >= 0.3 is 0 Å². The highest BCUT2D eigenvalue weighted by atomic mass is 16.3. The van der Waals surface area contributed by atoms with Gasteiger partial charge in [0.05, 0.1) is 17.8 Å². The summed E-state index contributed by atoms with van der Waals surface area (Å²) in [6.45, 7) is 0.355. The molecule has 5 heteroatoms. The summed E-state index contributed by atoms with van der Waals surface area (Å²) in [5.74, 6) is 0.0116. The normalized spacial score (nSPS) is 12.0. The van der Waals surface area contributed by atoms with E-state index < -0.39 is 0 Å². The molecule has 104 valence electrons. The van der Waals surface area contributed by atoms with Crippen molar-refractivity contribution in [2.24, 2.45) is 5.73 Å². The van der Waals surface area contributed by atoms with Gasteiger partial charge in [-0.1, -0.05) is 24.3 Å². The summed E-state index contributed by atoms with van der Waals surface area (Å²) in [4.78, 5) is 8.02. The topological polar surface area (TPSA) is 95.8 Å². The molecule has 0 saturated heterocycles. The van der Waals surface area contributed by atoms with Crippen molar-refractivity contribution in [3.8, 4) is 6.07 Å². The number of benzene rings is 1. The molecule has 1 aromatic heterocycles. The molecule has 0 bridgehead atoms. The van der Waals surface area contributed by atoms with Gasteiger partial charge in [0, 0.05) is 24.5 Å². The molecule has 2 rings (SSSR count). The Hall–Kier alpha value is -2.97. The third-order valence-corrected chi connectivity index (χ3v) is 2.81. The summed E-state index contributed by atoms with van der Waals surface area (Å²) in [6, 6.07) is 8.97. The second kappa shape index (κ2) is 6.98. The first-order valence-electron chi connectivity index (χ1n) is 6.33. The van der Waals surface area contributed by atoms with E-state index in [1.807, 2.05) is 0 Å². The summed E-state index contributed by atoms with van der Waals surface area (Å²) in [7, 11) is 0. The molecular weight excluding hydrogens is 264 g/mol. The first kappa shape index (κ1) is 14.4. The van der Waals surface area contributed by atoms with E-state index in [0.29, 0.717) is 23.4 Å². The minimum Gasteiger partial charge on any atom is -0.505 e. The molecule has 0 aliphatic heterocycles. The Bertz CT molecular complexity index is 697. The van der Waals surface area contributed by atoms with E-state index in [9.17, 15) is 5.11 Å². The highest BCUT2D eigenvalue weighted by Crippen LogP contribution is 2.24. The van der Waals surface area contributed by atoms with Gasteiger partial charge in [-0.2, -0.15) is 5.26 Å². The number of aliphatic hydroxyl groups is 1. The van der Waals surface area contributed by atoms with Crippen LogP contribution in [-0.4, -0.2) is 21.6 Å². The van der Waals surface area contributed by atoms with Crippen molar-refractivity contribution in [1.29, 1.82) is 5.26 Å². The van der Waals surface area contributed by atoms with Crippen molar-refractivity contribution in [2.75, 3.05) is 6.54 Å². The molecule has 0 aliphatic rings. The number of rotatable bonds is 4. The quantitative estimate of drug-likeness (QED) is 0.660. The summed E-state index contributed by atoms with van der Waals surface area (Å²) in [6.07, 6.45) is 7.99. The molecule has 5 nitrogen and oxygen atoms in total. The van der Waals surface area contributed by atoms with Crippen molar-refractivity contribution in [2.45, 2.75) is 0 Å². The van der Waals surface area contributed by atoms with Gasteiger partial charge in [-0.3, -0.25) is 4.98 Å². The predicted molar refractivity (Wildman–Crippen MR) is 80.8 cm³/mol. The van der Waals surface area contributed by atoms with Crippen LogP contribution in [0.5, 0.6) is 0 Å². The fourth-order valence-electron chi connectivity index (χ4n) is 1.78. The van der Waals surface area contributed by atoms with Crippen LogP contribution in [0.15, 0.2) is 55.0 Å². The molecule has 0 aliphatic carbocycles. The second-order valence-corrected chi connectivity index (χ2v) is 4.18. The number of aromatic nitrogens is 2. The predicted octanol–water partition coefficient (Wildman–Crippen LogP) is 2.29. The maximum atomic E-state index is 10.4. The smallest absolute Gasteiger partial charge is 0.150 e. The lowest BCUT2D eigenvalue weighted by atomic mass is 10.0. The number of nitriles is 1. The molecule has 0 amide bonds. The number of allylic oxidation sites excluding steroid dienone is 2. The lowest BCUT2D eigenvalue weighted by Crippen LogP contribution is -1.96. The van der Waals surface area contributed by atoms with Gasteiger partial charge in [-0.05, 0) is 17.7 Å². The maximum Gasteiger partial charge on any atom is 0.150 e. The van der Waals surface area contributed by atoms with Crippen molar-refractivity contribution in [3.05, 3.63) is 71.8 Å². The zero-order chi connectivity index (χ0) is 15.1. The van der Waals surface area contributed by atoms with Crippen LogP contribution < -0.4 is 5.73 Å². The van der Waals surface area contributed by atoms with Gasteiger partial charge in [0.1, 0.15) is 5.69 Å².